The highest BCUT2D eigenvalue weighted by atomic mass is 32.2. The van der Waals surface area contributed by atoms with Crippen molar-refractivity contribution >= 4 is 23.8 Å². The maximum absolute atomic E-state index is 11.4. The normalized spacial score (nSPS) is 18.2. The Morgan fingerprint density at radius 2 is 2.06 bits per heavy atom. The Labute approximate surface area is 109 Å². The molecule has 1 heterocycles. The van der Waals surface area contributed by atoms with Gasteiger partial charge in [-0.1, -0.05) is 0 Å². The number of hydrogen-bond donors (Lipinski definition) is 0. The molecule has 1 atom stereocenters. The summed E-state index contributed by atoms with van der Waals surface area (Å²) in [6.45, 7) is 1.33. The molecule has 0 aliphatic carbocycles. The third kappa shape index (κ3) is 2.76. The molecule has 18 heavy (non-hydrogen) atoms. The van der Waals surface area contributed by atoms with Gasteiger partial charge >= 0.3 is 5.97 Å². The molecule has 1 aliphatic heterocycles. The predicted molar refractivity (Wildman–Crippen MR) is 65.9 cm³/mol. The Hall–Kier alpha value is -1.69. The van der Waals surface area contributed by atoms with Gasteiger partial charge in [-0.25, -0.2) is 4.31 Å². The van der Waals surface area contributed by atoms with Crippen molar-refractivity contribution in [2.75, 3.05) is 7.11 Å². The van der Waals surface area contributed by atoms with E-state index in [1.54, 1.807) is 7.11 Å². The zero-order valence-electron chi connectivity index (χ0n) is 10.1. The molecular formula is C12H13NO4S. The standard InChI is InChI=1S/C12H13NO4S/c1-8(14)17-12-7-11(15)13(12)18-10-5-3-9(16-2)4-6-10/h3-6,12H,7H2,1-2H3. The van der Waals surface area contributed by atoms with Gasteiger partial charge in [-0.3, -0.25) is 9.59 Å². The van der Waals surface area contributed by atoms with Crippen molar-refractivity contribution in [3.63, 3.8) is 0 Å². The first kappa shape index (κ1) is 12.8. The fourth-order valence-electron chi connectivity index (χ4n) is 1.51. The van der Waals surface area contributed by atoms with Crippen LogP contribution in [0.15, 0.2) is 29.2 Å². The molecule has 0 bridgehead atoms. The average Bonchev–Trinajstić information content (AvgIpc) is 2.36. The van der Waals surface area contributed by atoms with Gasteiger partial charge in [-0.2, -0.15) is 0 Å². The number of carbonyl (C=O) groups is 2. The van der Waals surface area contributed by atoms with Gasteiger partial charge in [0.1, 0.15) is 5.75 Å². The van der Waals surface area contributed by atoms with Gasteiger partial charge in [-0.15, -0.1) is 0 Å². The second-order valence-corrected chi connectivity index (χ2v) is 4.80. The largest absolute Gasteiger partial charge is 0.497 e. The lowest BCUT2D eigenvalue weighted by Gasteiger charge is -2.37. The molecular weight excluding hydrogens is 254 g/mol. The summed E-state index contributed by atoms with van der Waals surface area (Å²) in [6, 6.07) is 7.32. The molecule has 0 N–H and O–H groups in total. The molecule has 1 fully saturated rings. The molecule has 0 radical (unpaired) electrons. The third-order valence-corrected chi connectivity index (χ3v) is 3.54. The van der Waals surface area contributed by atoms with Crippen LogP contribution in [0, 0.1) is 0 Å². The highest BCUT2D eigenvalue weighted by Crippen LogP contribution is 2.34. The maximum Gasteiger partial charge on any atom is 0.304 e. The molecule has 5 nitrogen and oxygen atoms in total. The molecule has 96 valence electrons. The molecule has 1 amide bonds. The van der Waals surface area contributed by atoms with Crippen LogP contribution in [0.1, 0.15) is 13.3 Å². The van der Waals surface area contributed by atoms with E-state index in [9.17, 15) is 9.59 Å². The summed E-state index contributed by atoms with van der Waals surface area (Å²) >= 11 is 1.26. The summed E-state index contributed by atoms with van der Waals surface area (Å²) in [7, 11) is 1.60. The van der Waals surface area contributed by atoms with Gasteiger partial charge in [0, 0.05) is 11.8 Å². The van der Waals surface area contributed by atoms with Crippen LogP contribution in [0.2, 0.25) is 0 Å². The van der Waals surface area contributed by atoms with E-state index >= 15 is 0 Å². The Bertz CT molecular complexity index is 460. The van der Waals surface area contributed by atoms with Crippen LogP contribution in [0.5, 0.6) is 5.75 Å². The minimum absolute atomic E-state index is 0.0398. The number of hydrogen-bond acceptors (Lipinski definition) is 5. The van der Waals surface area contributed by atoms with E-state index < -0.39 is 6.23 Å². The second-order valence-electron chi connectivity index (χ2n) is 3.75. The molecule has 1 saturated heterocycles. The molecule has 0 saturated carbocycles. The van der Waals surface area contributed by atoms with E-state index in [0.29, 0.717) is 0 Å². The molecule has 0 aromatic heterocycles. The molecule has 1 aromatic rings. The van der Waals surface area contributed by atoms with Crippen molar-refractivity contribution in [3.8, 4) is 5.75 Å². The zero-order chi connectivity index (χ0) is 13.1. The minimum atomic E-state index is -0.456. The molecule has 0 spiro atoms. The van der Waals surface area contributed by atoms with Gasteiger partial charge in [0.2, 0.25) is 5.91 Å². The topological polar surface area (TPSA) is 55.8 Å². The van der Waals surface area contributed by atoms with Crippen molar-refractivity contribution < 1.29 is 19.1 Å². The van der Waals surface area contributed by atoms with E-state index in [2.05, 4.69) is 0 Å². The first-order valence-corrected chi connectivity index (χ1v) is 6.19. The summed E-state index contributed by atoms with van der Waals surface area (Å²) < 4.78 is 11.5. The number of amides is 1. The number of methoxy groups -OCH3 is 1. The predicted octanol–water partition coefficient (Wildman–Crippen LogP) is 1.82. The number of β-lactam (4-membered cyclic amide) rings is 1. The summed E-state index contributed by atoms with van der Waals surface area (Å²) in [4.78, 5) is 23.2. The number of ether oxygens (including phenoxy) is 2. The first-order chi connectivity index (χ1) is 8.60. The lowest BCUT2D eigenvalue weighted by atomic mass is 10.2. The average molecular weight is 267 g/mol. The lowest BCUT2D eigenvalue weighted by Crippen LogP contribution is -2.50. The van der Waals surface area contributed by atoms with Crippen LogP contribution in [0.3, 0.4) is 0 Å². The number of nitrogens with zero attached hydrogens (tertiary/aromatic N) is 1. The van der Waals surface area contributed by atoms with E-state index in [1.165, 1.54) is 23.2 Å². The maximum atomic E-state index is 11.4. The Morgan fingerprint density at radius 1 is 1.39 bits per heavy atom. The van der Waals surface area contributed by atoms with Gasteiger partial charge in [0.15, 0.2) is 6.23 Å². The summed E-state index contributed by atoms with van der Waals surface area (Å²) in [6.07, 6.45) is -0.204. The Morgan fingerprint density at radius 3 is 2.56 bits per heavy atom. The van der Waals surface area contributed by atoms with Gasteiger partial charge in [0.05, 0.1) is 13.5 Å². The number of rotatable bonds is 4. The highest BCUT2D eigenvalue weighted by Gasteiger charge is 2.39. The van der Waals surface area contributed by atoms with Crippen molar-refractivity contribution in [1.82, 2.24) is 4.31 Å². The fraction of sp³-hybridized carbons (Fsp3) is 0.333. The molecule has 1 aromatic carbocycles. The van der Waals surface area contributed by atoms with Gasteiger partial charge in [0.25, 0.3) is 0 Å². The fourth-order valence-corrected chi connectivity index (χ4v) is 2.41. The molecule has 2 rings (SSSR count). The third-order valence-electron chi connectivity index (χ3n) is 2.42. The van der Waals surface area contributed by atoms with E-state index in [-0.39, 0.29) is 18.3 Å². The van der Waals surface area contributed by atoms with E-state index in [0.717, 1.165) is 10.6 Å². The first-order valence-electron chi connectivity index (χ1n) is 5.41. The van der Waals surface area contributed by atoms with Crippen LogP contribution in [-0.4, -0.2) is 29.5 Å². The Kier molecular flexibility index (Phi) is 3.76. The quantitative estimate of drug-likeness (QED) is 0.473. The molecule has 6 heteroatoms. The van der Waals surface area contributed by atoms with Crippen molar-refractivity contribution in [3.05, 3.63) is 24.3 Å². The highest BCUT2D eigenvalue weighted by molar-refractivity contribution is 7.97. The van der Waals surface area contributed by atoms with Crippen molar-refractivity contribution in [2.24, 2.45) is 0 Å². The summed E-state index contributed by atoms with van der Waals surface area (Å²) in [5.74, 6) is 0.334. The van der Waals surface area contributed by atoms with Crippen LogP contribution in [0.25, 0.3) is 0 Å². The smallest absolute Gasteiger partial charge is 0.304 e. The van der Waals surface area contributed by atoms with Crippen LogP contribution in [0.4, 0.5) is 0 Å². The Balaban J connectivity index is 1.98. The monoisotopic (exact) mass is 267 g/mol. The minimum Gasteiger partial charge on any atom is -0.497 e. The van der Waals surface area contributed by atoms with Crippen molar-refractivity contribution in [1.29, 1.82) is 0 Å². The van der Waals surface area contributed by atoms with Gasteiger partial charge < -0.3 is 9.47 Å². The molecule has 1 aliphatic rings. The van der Waals surface area contributed by atoms with Crippen LogP contribution in [-0.2, 0) is 14.3 Å². The lowest BCUT2D eigenvalue weighted by molar-refractivity contribution is -0.169. The summed E-state index contributed by atoms with van der Waals surface area (Å²) in [5.41, 5.74) is 0. The SMILES string of the molecule is COc1ccc(SN2C(=O)CC2OC(C)=O)cc1. The molecule has 1 unspecified atom stereocenters. The van der Waals surface area contributed by atoms with Crippen molar-refractivity contribution in [2.45, 2.75) is 24.5 Å². The number of benzene rings is 1. The van der Waals surface area contributed by atoms with Gasteiger partial charge in [-0.05, 0) is 36.2 Å². The van der Waals surface area contributed by atoms with Crippen LogP contribution < -0.4 is 4.74 Å². The zero-order valence-corrected chi connectivity index (χ0v) is 10.9. The van der Waals surface area contributed by atoms with E-state index in [4.69, 9.17) is 9.47 Å². The van der Waals surface area contributed by atoms with E-state index in [1.807, 2.05) is 24.3 Å². The van der Waals surface area contributed by atoms with Crippen LogP contribution >= 0.6 is 11.9 Å². The number of carbonyl (C=O) groups excluding carboxylic acids is 2. The second kappa shape index (κ2) is 5.30. The summed E-state index contributed by atoms with van der Waals surface area (Å²) in [5, 5.41) is 0. The number of esters is 1.